The first kappa shape index (κ1) is 12.7. The molecule has 20 heavy (non-hydrogen) atoms. The number of nitrogens with zero attached hydrogens (tertiary/aromatic N) is 3. The molecule has 1 fully saturated rings. The Balaban J connectivity index is 1.85. The van der Waals surface area contributed by atoms with Crippen LogP contribution in [0.25, 0.3) is 11.3 Å². The summed E-state index contributed by atoms with van der Waals surface area (Å²) >= 11 is 0. The molecule has 0 bridgehead atoms. The highest BCUT2D eigenvalue weighted by atomic mass is 16.2. The van der Waals surface area contributed by atoms with Crippen LogP contribution in [0.15, 0.2) is 30.9 Å². The summed E-state index contributed by atoms with van der Waals surface area (Å²) in [6, 6.07) is 3.67. The lowest BCUT2D eigenvalue weighted by Crippen LogP contribution is -2.32. The highest BCUT2D eigenvalue weighted by Gasteiger charge is 2.27. The van der Waals surface area contributed by atoms with Crippen molar-refractivity contribution in [2.45, 2.75) is 31.8 Å². The van der Waals surface area contributed by atoms with Crippen molar-refractivity contribution < 1.29 is 4.79 Å². The van der Waals surface area contributed by atoms with Crippen LogP contribution in [0.1, 0.15) is 25.8 Å². The third-order valence-electron chi connectivity index (χ3n) is 3.47. The van der Waals surface area contributed by atoms with E-state index in [9.17, 15) is 4.79 Å². The van der Waals surface area contributed by atoms with Gasteiger partial charge < -0.3 is 15.6 Å². The second-order valence-corrected chi connectivity index (χ2v) is 5.12. The molecule has 0 spiro atoms. The Morgan fingerprint density at radius 3 is 2.90 bits per heavy atom. The zero-order valence-corrected chi connectivity index (χ0v) is 11.3. The van der Waals surface area contributed by atoms with Crippen molar-refractivity contribution in [2.75, 3.05) is 5.73 Å². The maximum Gasteiger partial charge on any atom is 0.243 e. The maximum atomic E-state index is 12.1. The molecule has 0 radical (unpaired) electrons. The molecule has 3 N–H and O–H groups in total. The molecule has 6 nitrogen and oxygen atoms in total. The van der Waals surface area contributed by atoms with Crippen LogP contribution in [0.4, 0.5) is 5.82 Å². The molecule has 2 heterocycles. The van der Waals surface area contributed by atoms with Gasteiger partial charge in [0, 0.05) is 17.8 Å². The Kier molecular flexibility index (Phi) is 3.14. The van der Waals surface area contributed by atoms with Gasteiger partial charge in [-0.2, -0.15) is 0 Å². The highest BCUT2D eigenvalue weighted by molar-refractivity contribution is 5.81. The van der Waals surface area contributed by atoms with Crippen molar-refractivity contribution >= 4 is 11.7 Å². The average molecular weight is 271 g/mol. The van der Waals surface area contributed by atoms with E-state index in [1.807, 2.05) is 17.6 Å². The minimum atomic E-state index is -0.300. The van der Waals surface area contributed by atoms with E-state index < -0.39 is 0 Å². The van der Waals surface area contributed by atoms with Crippen molar-refractivity contribution in [3.63, 3.8) is 0 Å². The van der Waals surface area contributed by atoms with E-state index in [1.165, 1.54) is 0 Å². The molecule has 104 valence electrons. The number of hydrogen-bond donors (Lipinski definition) is 2. The Hall–Kier alpha value is -2.37. The maximum absolute atomic E-state index is 12.1. The third-order valence-corrected chi connectivity index (χ3v) is 3.47. The van der Waals surface area contributed by atoms with E-state index >= 15 is 0 Å². The van der Waals surface area contributed by atoms with E-state index in [0.29, 0.717) is 11.9 Å². The van der Waals surface area contributed by atoms with Crippen molar-refractivity contribution in [3.05, 3.63) is 30.9 Å². The van der Waals surface area contributed by atoms with Gasteiger partial charge >= 0.3 is 0 Å². The topological polar surface area (TPSA) is 85.8 Å². The lowest BCUT2D eigenvalue weighted by Gasteiger charge is -2.16. The number of carbonyl (C=O) groups is 1. The van der Waals surface area contributed by atoms with Crippen LogP contribution in [0.3, 0.4) is 0 Å². The number of pyridine rings is 1. The van der Waals surface area contributed by atoms with Crippen LogP contribution < -0.4 is 11.1 Å². The third kappa shape index (κ3) is 2.49. The summed E-state index contributed by atoms with van der Waals surface area (Å²) in [7, 11) is 0. The Morgan fingerprint density at radius 1 is 1.45 bits per heavy atom. The molecule has 2 aromatic rings. The fraction of sp³-hybridized carbons (Fsp3) is 0.357. The number of amides is 1. The summed E-state index contributed by atoms with van der Waals surface area (Å²) < 4.78 is 1.85. The Labute approximate surface area is 117 Å². The van der Waals surface area contributed by atoms with Crippen molar-refractivity contribution in [2.24, 2.45) is 0 Å². The molecule has 6 heteroatoms. The number of nitrogen functional groups attached to an aromatic ring is 1. The quantitative estimate of drug-likeness (QED) is 0.879. The van der Waals surface area contributed by atoms with Crippen LogP contribution in [0.2, 0.25) is 0 Å². The first-order valence-electron chi connectivity index (χ1n) is 6.69. The van der Waals surface area contributed by atoms with Crippen molar-refractivity contribution in [1.82, 2.24) is 19.9 Å². The van der Waals surface area contributed by atoms with Gasteiger partial charge in [0.05, 0.1) is 18.2 Å². The zero-order chi connectivity index (χ0) is 14.1. The molecule has 0 aromatic carbocycles. The number of carbonyl (C=O) groups excluding carboxylic acids is 1. The van der Waals surface area contributed by atoms with Gasteiger partial charge in [0.1, 0.15) is 11.9 Å². The molecule has 1 aliphatic carbocycles. The summed E-state index contributed by atoms with van der Waals surface area (Å²) in [6.07, 6.45) is 7.25. The van der Waals surface area contributed by atoms with Gasteiger partial charge in [-0.1, -0.05) is 0 Å². The summed E-state index contributed by atoms with van der Waals surface area (Å²) in [6.45, 7) is 1.87. The minimum absolute atomic E-state index is 0.0233. The smallest absolute Gasteiger partial charge is 0.243 e. The average Bonchev–Trinajstić information content (AvgIpc) is 3.12. The molecule has 0 aliphatic heterocycles. The number of aromatic nitrogens is 3. The molecule has 1 saturated carbocycles. The van der Waals surface area contributed by atoms with Gasteiger partial charge in [-0.3, -0.25) is 4.79 Å². The summed E-state index contributed by atoms with van der Waals surface area (Å²) in [4.78, 5) is 20.4. The molecule has 1 aliphatic rings. The second-order valence-electron chi connectivity index (χ2n) is 5.12. The Morgan fingerprint density at radius 2 is 2.25 bits per heavy atom. The molecule has 3 rings (SSSR count). The van der Waals surface area contributed by atoms with E-state index in [1.54, 1.807) is 24.8 Å². The van der Waals surface area contributed by atoms with Crippen LogP contribution in [0.5, 0.6) is 0 Å². The first-order valence-corrected chi connectivity index (χ1v) is 6.69. The molecule has 1 amide bonds. The first-order chi connectivity index (χ1) is 9.65. The predicted molar refractivity (Wildman–Crippen MR) is 75.7 cm³/mol. The highest BCUT2D eigenvalue weighted by Crippen LogP contribution is 2.24. The standard InChI is InChI=1S/C14H17N5O/c1-9(14(20)18-11-3-4-11)19-8-16-7-12(19)10-2-5-13(15)17-6-10/h2,5-9,11H,3-4H2,1H3,(H2,15,17)(H,18,20). The molecule has 1 atom stereocenters. The zero-order valence-electron chi connectivity index (χ0n) is 11.3. The van der Waals surface area contributed by atoms with Gasteiger partial charge in [0.2, 0.25) is 5.91 Å². The number of anilines is 1. The summed E-state index contributed by atoms with van der Waals surface area (Å²) in [5.41, 5.74) is 7.34. The van der Waals surface area contributed by atoms with E-state index in [0.717, 1.165) is 24.1 Å². The van der Waals surface area contributed by atoms with Gasteiger partial charge in [0.25, 0.3) is 0 Å². The summed E-state index contributed by atoms with van der Waals surface area (Å²) in [5, 5.41) is 3.01. The van der Waals surface area contributed by atoms with Gasteiger partial charge in [-0.05, 0) is 31.9 Å². The molecular formula is C14H17N5O. The number of rotatable bonds is 4. The fourth-order valence-electron chi connectivity index (χ4n) is 2.07. The second kappa shape index (κ2) is 4.96. The lowest BCUT2D eigenvalue weighted by molar-refractivity contribution is -0.124. The summed E-state index contributed by atoms with van der Waals surface area (Å²) in [5.74, 6) is 0.495. The molecule has 1 unspecified atom stereocenters. The SMILES string of the molecule is CC(C(=O)NC1CC1)n1cncc1-c1ccc(N)nc1. The Bertz CT molecular complexity index is 615. The van der Waals surface area contributed by atoms with E-state index in [-0.39, 0.29) is 11.9 Å². The van der Waals surface area contributed by atoms with Crippen molar-refractivity contribution in [1.29, 1.82) is 0 Å². The fourth-order valence-corrected chi connectivity index (χ4v) is 2.07. The van der Waals surface area contributed by atoms with Crippen LogP contribution in [-0.4, -0.2) is 26.5 Å². The number of nitrogens with two attached hydrogens (primary N) is 1. The normalized spacial score (nSPS) is 15.8. The molecule has 2 aromatic heterocycles. The van der Waals surface area contributed by atoms with E-state index in [2.05, 4.69) is 15.3 Å². The predicted octanol–water partition coefficient (Wildman–Crippen LogP) is 1.37. The van der Waals surface area contributed by atoms with Crippen LogP contribution in [-0.2, 0) is 4.79 Å². The minimum Gasteiger partial charge on any atom is -0.384 e. The monoisotopic (exact) mass is 271 g/mol. The van der Waals surface area contributed by atoms with E-state index in [4.69, 9.17) is 5.73 Å². The largest absolute Gasteiger partial charge is 0.384 e. The van der Waals surface area contributed by atoms with Gasteiger partial charge in [-0.25, -0.2) is 9.97 Å². The number of imidazole rings is 1. The van der Waals surface area contributed by atoms with Gasteiger partial charge in [-0.15, -0.1) is 0 Å². The van der Waals surface area contributed by atoms with Crippen LogP contribution >= 0.6 is 0 Å². The molecule has 0 saturated heterocycles. The van der Waals surface area contributed by atoms with Gasteiger partial charge in [0.15, 0.2) is 0 Å². The molecular weight excluding hydrogens is 254 g/mol. The number of nitrogens with one attached hydrogen (secondary N) is 1. The van der Waals surface area contributed by atoms with Crippen molar-refractivity contribution in [3.8, 4) is 11.3 Å². The number of hydrogen-bond acceptors (Lipinski definition) is 4. The lowest BCUT2D eigenvalue weighted by atomic mass is 10.2. The van der Waals surface area contributed by atoms with Crippen LogP contribution in [0, 0.1) is 0 Å².